The Morgan fingerprint density at radius 1 is 1.31 bits per heavy atom. The summed E-state index contributed by atoms with van der Waals surface area (Å²) in [7, 11) is 1.80. The van der Waals surface area contributed by atoms with Gasteiger partial charge in [-0.2, -0.15) is 0 Å². The predicted octanol–water partition coefficient (Wildman–Crippen LogP) is 2.26. The van der Waals surface area contributed by atoms with Crippen LogP contribution in [0.5, 0.6) is 0 Å². The highest BCUT2D eigenvalue weighted by molar-refractivity contribution is 5.22. The van der Waals surface area contributed by atoms with Gasteiger partial charge in [0.25, 0.3) is 0 Å². The molecule has 0 radical (unpaired) electrons. The molecule has 2 atom stereocenters. The molecule has 1 aromatic carbocycles. The molecule has 88 valence electrons. The molecule has 1 aliphatic heterocycles. The summed E-state index contributed by atoms with van der Waals surface area (Å²) in [6.07, 6.45) is 0.920. The van der Waals surface area contributed by atoms with Gasteiger partial charge >= 0.3 is 0 Å². The van der Waals surface area contributed by atoms with Gasteiger partial charge in [0.1, 0.15) is 11.6 Å². The first-order valence-corrected chi connectivity index (χ1v) is 5.41. The first-order chi connectivity index (χ1) is 7.70. The third-order valence-electron chi connectivity index (χ3n) is 2.99. The van der Waals surface area contributed by atoms with Crippen molar-refractivity contribution in [2.45, 2.75) is 12.5 Å². The quantitative estimate of drug-likeness (QED) is 0.855. The molecule has 1 N–H and O–H groups in total. The summed E-state index contributed by atoms with van der Waals surface area (Å²) in [6.45, 7) is 1.37. The highest BCUT2D eigenvalue weighted by atomic mass is 19.1. The van der Waals surface area contributed by atoms with Gasteiger partial charge in [0, 0.05) is 24.6 Å². The van der Waals surface area contributed by atoms with E-state index in [1.54, 1.807) is 7.05 Å². The van der Waals surface area contributed by atoms with Crippen LogP contribution in [0.3, 0.4) is 0 Å². The number of ether oxygens (including phenoxy) is 1. The maximum Gasteiger partial charge on any atom is 0.126 e. The first-order valence-electron chi connectivity index (χ1n) is 5.41. The van der Waals surface area contributed by atoms with Crippen LogP contribution in [-0.4, -0.2) is 20.3 Å². The molecule has 0 bridgehead atoms. The molecule has 2 rings (SSSR count). The van der Waals surface area contributed by atoms with Crippen LogP contribution in [0.4, 0.5) is 8.78 Å². The fraction of sp³-hybridized carbons (Fsp3) is 0.500. The Morgan fingerprint density at radius 2 is 2.00 bits per heavy atom. The van der Waals surface area contributed by atoms with Gasteiger partial charge in [-0.1, -0.05) is 0 Å². The van der Waals surface area contributed by atoms with Gasteiger partial charge in [0.15, 0.2) is 0 Å². The van der Waals surface area contributed by atoms with Crippen molar-refractivity contribution in [3.8, 4) is 0 Å². The SMILES string of the molecule is CNC(c1cc(F)cc(F)c1)C1CCOC1. The highest BCUT2D eigenvalue weighted by Crippen LogP contribution is 2.29. The number of halogens is 2. The third kappa shape index (κ3) is 2.39. The molecule has 0 saturated carbocycles. The monoisotopic (exact) mass is 227 g/mol. The molecule has 2 unspecified atom stereocenters. The molecule has 0 aromatic heterocycles. The van der Waals surface area contributed by atoms with Crippen LogP contribution in [0, 0.1) is 17.6 Å². The van der Waals surface area contributed by atoms with Crippen LogP contribution in [0.1, 0.15) is 18.0 Å². The lowest BCUT2D eigenvalue weighted by Gasteiger charge is -2.22. The van der Waals surface area contributed by atoms with Gasteiger partial charge < -0.3 is 10.1 Å². The number of nitrogens with one attached hydrogen (secondary N) is 1. The molecule has 4 heteroatoms. The predicted molar refractivity (Wildman–Crippen MR) is 57.1 cm³/mol. The van der Waals surface area contributed by atoms with Crippen molar-refractivity contribution in [3.63, 3.8) is 0 Å². The minimum Gasteiger partial charge on any atom is -0.381 e. The van der Waals surface area contributed by atoms with E-state index in [-0.39, 0.29) is 12.0 Å². The van der Waals surface area contributed by atoms with Crippen molar-refractivity contribution in [2.75, 3.05) is 20.3 Å². The first kappa shape index (κ1) is 11.5. The van der Waals surface area contributed by atoms with E-state index in [0.717, 1.165) is 19.1 Å². The van der Waals surface area contributed by atoms with Crippen LogP contribution < -0.4 is 5.32 Å². The summed E-state index contributed by atoms with van der Waals surface area (Å²) in [5.74, 6) is -0.783. The molecule has 1 saturated heterocycles. The molecule has 1 aliphatic rings. The molecule has 1 fully saturated rings. The fourth-order valence-electron chi connectivity index (χ4n) is 2.24. The summed E-state index contributed by atoms with van der Waals surface area (Å²) in [5.41, 5.74) is 0.649. The van der Waals surface area contributed by atoms with E-state index < -0.39 is 11.6 Å². The molecular formula is C12H15F2NO. The van der Waals surface area contributed by atoms with E-state index in [1.165, 1.54) is 12.1 Å². The van der Waals surface area contributed by atoms with Crippen molar-refractivity contribution >= 4 is 0 Å². The summed E-state index contributed by atoms with van der Waals surface area (Å²) in [4.78, 5) is 0. The maximum atomic E-state index is 13.1. The normalized spacial score (nSPS) is 22.3. The zero-order valence-electron chi connectivity index (χ0n) is 9.17. The zero-order valence-corrected chi connectivity index (χ0v) is 9.17. The molecular weight excluding hydrogens is 212 g/mol. The zero-order chi connectivity index (χ0) is 11.5. The number of hydrogen-bond donors (Lipinski definition) is 1. The highest BCUT2D eigenvalue weighted by Gasteiger charge is 2.26. The Labute approximate surface area is 93.6 Å². The average molecular weight is 227 g/mol. The van der Waals surface area contributed by atoms with Crippen molar-refractivity contribution < 1.29 is 13.5 Å². The third-order valence-corrected chi connectivity index (χ3v) is 2.99. The second kappa shape index (κ2) is 4.89. The molecule has 0 amide bonds. The lowest BCUT2D eigenvalue weighted by molar-refractivity contribution is 0.177. The topological polar surface area (TPSA) is 21.3 Å². The van der Waals surface area contributed by atoms with Gasteiger partial charge in [0.2, 0.25) is 0 Å². The molecule has 1 heterocycles. The van der Waals surface area contributed by atoms with Crippen LogP contribution in [0.25, 0.3) is 0 Å². The van der Waals surface area contributed by atoms with Crippen molar-refractivity contribution in [2.24, 2.45) is 5.92 Å². The molecule has 0 spiro atoms. The van der Waals surface area contributed by atoms with E-state index in [2.05, 4.69) is 5.32 Å². The Hall–Kier alpha value is -1.00. The minimum atomic E-state index is -0.533. The van der Waals surface area contributed by atoms with E-state index in [9.17, 15) is 8.78 Å². The molecule has 2 nitrogen and oxygen atoms in total. The van der Waals surface area contributed by atoms with E-state index >= 15 is 0 Å². The second-order valence-electron chi connectivity index (χ2n) is 4.09. The Balaban J connectivity index is 2.24. The maximum absolute atomic E-state index is 13.1. The minimum absolute atomic E-state index is 0.0484. The number of rotatable bonds is 3. The van der Waals surface area contributed by atoms with Gasteiger partial charge in [-0.25, -0.2) is 8.78 Å². The number of hydrogen-bond acceptors (Lipinski definition) is 2. The fourth-order valence-corrected chi connectivity index (χ4v) is 2.24. The number of benzene rings is 1. The summed E-state index contributed by atoms with van der Waals surface area (Å²) < 4.78 is 31.5. The van der Waals surface area contributed by atoms with Crippen LogP contribution >= 0.6 is 0 Å². The Bertz CT molecular complexity index is 344. The van der Waals surface area contributed by atoms with Gasteiger partial charge in [0.05, 0.1) is 6.61 Å². The largest absolute Gasteiger partial charge is 0.381 e. The van der Waals surface area contributed by atoms with E-state index in [4.69, 9.17) is 4.74 Å². The molecule has 16 heavy (non-hydrogen) atoms. The van der Waals surface area contributed by atoms with Gasteiger partial charge in [-0.15, -0.1) is 0 Å². The Morgan fingerprint density at radius 3 is 2.50 bits per heavy atom. The second-order valence-corrected chi connectivity index (χ2v) is 4.09. The van der Waals surface area contributed by atoms with Crippen molar-refractivity contribution in [1.82, 2.24) is 5.32 Å². The lowest BCUT2D eigenvalue weighted by atomic mass is 9.92. The van der Waals surface area contributed by atoms with E-state index in [1.807, 2.05) is 0 Å². The molecule has 0 aliphatic carbocycles. The van der Waals surface area contributed by atoms with Crippen LogP contribution in [-0.2, 0) is 4.74 Å². The van der Waals surface area contributed by atoms with Crippen LogP contribution in [0.15, 0.2) is 18.2 Å². The standard InChI is InChI=1S/C12H15F2NO/c1-15-12(8-2-3-16-7-8)9-4-10(13)6-11(14)5-9/h4-6,8,12,15H,2-3,7H2,1H3. The van der Waals surface area contributed by atoms with Gasteiger partial charge in [-0.3, -0.25) is 0 Å². The van der Waals surface area contributed by atoms with Crippen molar-refractivity contribution in [3.05, 3.63) is 35.4 Å². The van der Waals surface area contributed by atoms with Crippen LogP contribution in [0.2, 0.25) is 0 Å². The van der Waals surface area contributed by atoms with E-state index in [0.29, 0.717) is 12.2 Å². The average Bonchev–Trinajstić information content (AvgIpc) is 2.70. The lowest BCUT2D eigenvalue weighted by Crippen LogP contribution is -2.25. The summed E-state index contributed by atoms with van der Waals surface area (Å²) >= 11 is 0. The summed E-state index contributed by atoms with van der Waals surface area (Å²) in [6, 6.07) is 3.60. The Kier molecular flexibility index (Phi) is 3.51. The smallest absolute Gasteiger partial charge is 0.126 e. The molecule has 1 aromatic rings. The van der Waals surface area contributed by atoms with Crippen molar-refractivity contribution in [1.29, 1.82) is 0 Å². The summed E-state index contributed by atoms with van der Waals surface area (Å²) in [5, 5.41) is 3.10. The van der Waals surface area contributed by atoms with Gasteiger partial charge in [-0.05, 0) is 31.2 Å².